The maximum atomic E-state index is 14.7. The number of aromatic hydroxyl groups is 6. The number of ether oxygens (including phenoxy) is 3. The first-order valence-electron chi connectivity index (χ1n) is 15.7. The number of rotatable bonds is 6. The van der Waals surface area contributed by atoms with Crippen molar-refractivity contribution in [1.82, 2.24) is 0 Å². The third-order valence-electron chi connectivity index (χ3n) is 9.02. The van der Waals surface area contributed by atoms with Gasteiger partial charge in [0.05, 0.1) is 18.1 Å². The van der Waals surface area contributed by atoms with E-state index >= 15 is 0 Å². The minimum absolute atomic E-state index is 0.0692. The standard InChI is InChI=1S/C36H30O16/c37-12-25-30(45)32(47)33(48)36(52-25)51-24-11-21(44)26-20(43)10-22(14-3-6-17(40)18(41)7-14)49-35(26)28(24)29-31(46)27-19(42)8-16(39)9-23(27)50-34(29)13-1-4-15(38)5-2-13/h1-11,25,29-30,32-34,36-42,44-45,47-48H,12H2/t25-,29-,30-,32+,33-,34-,36+/m1/s1. The Morgan fingerprint density at radius 1 is 0.712 bits per heavy atom. The summed E-state index contributed by atoms with van der Waals surface area (Å²) in [5.74, 6) is -6.56. The summed E-state index contributed by atoms with van der Waals surface area (Å²) >= 11 is 0. The first-order valence-corrected chi connectivity index (χ1v) is 15.7. The fourth-order valence-electron chi connectivity index (χ4n) is 6.44. The highest BCUT2D eigenvalue weighted by molar-refractivity contribution is 6.09. The van der Waals surface area contributed by atoms with E-state index in [0.29, 0.717) is 0 Å². The Balaban J connectivity index is 1.53. The number of carbonyl (C=O) groups excluding carboxylic acids is 1. The van der Waals surface area contributed by atoms with E-state index in [1.807, 2.05) is 0 Å². The zero-order chi connectivity index (χ0) is 37.2. The van der Waals surface area contributed by atoms with Crippen molar-refractivity contribution in [2.75, 3.05) is 6.61 Å². The van der Waals surface area contributed by atoms with Crippen LogP contribution in [-0.4, -0.2) is 94.2 Å². The van der Waals surface area contributed by atoms with Gasteiger partial charge in [0.1, 0.15) is 87.3 Å². The highest BCUT2D eigenvalue weighted by Crippen LogP contribution is 2.52. The molecule has 1 saturated heterocycles. The number of benzene rings is 4. The normalized spacial score (nSPS) is 24.3. The third kappa shape index (κ3) is 5.73. The monoisotopic (exact) mass is 718 g/mol. The van der Waals surface area contributed by atoms with Crippen LogP contribution >= 0.6 is 0 Å². The number of carbonyl (C=O) groups is 1. The Morgan fingerprint density at radius 2 is 1.44 bits per heavy atom. The SMILES string of the molecule is O=C1c2c(O)cc(O)cc2O[C@H](c2ccc(O)cc2)[C@@H]1c1c(O[C@H]2O[C@H](CO)[C@@H](O)[C@H](O)[C@H]2O)cc(O)c2c(=O)cc(-c3ccc(O)c(O)c3)oc12. The van der Waals surface area contributed by atoms with Gasteiger partial charge in [-0.3, -0.25) is 9.59 Å². The van der Waals surface area contributed by atoms with Crippen LogP contribution in [-0.2, 0) is 4.74 Å². The molecular weight excluding hydrogens is 688 g/mol. The predicted molar refractivity (Wildman–Crippen MR) is 176 cm³/mol. The molecule has 7 atom stereocenters. The lowest BCUT2D eigenvalue weighted by Crippen LogP contribution is -2.60. The average molecular weight is 719 g/mol. The molecule has 16 nitrogen and oxygen atoms in total. The largest absolute Gasteiger partial charge is 0.508 e. The molecule has 270 valence electrons. The smallest absolute Gasteiger partial charge is 0.229 e. The van der Waals surface area contributed by atoms with Crippen LogP contribution in [0.25, 0.3) is 22.3 Å². The summed E-state index contributed by atoms with van der Waals surface area (Å²) in [7, 11) is 0. The molecule has 52 heavy (non-hydrogen) atoms. The molecule has 1 fully saturated rings. The molecule has 0 saturated carbocycles. The van der Waals surface area contributed by atoms with Crippen molar-refractivity contribution in [1.29, 1.82) is 0 Å². The van der Waals surface area contributed by atoms with Gasteiger partial charge in [0.15, 0.2) is 22.7 Å². The van der Waals surface area contributed by atoms with Gasteiger partial charge in [-0.15, -0.1) is 0 Å². The molecule has 0 aliphatic carbocycles. The maximum absolute atomic E-state index is 14.7. The van der Waals surface area contributed by atoms with Crippen LogP contribution in [0.3, 0.4) is 0 Å². The van der Waals surface area contributed by atoms with E-state index in [4.69, 9.17) is 18.6 Å². The number of phenols is 6. The third-order valence-corrected chi connectivity index (χ3v) is 9.02. The molecule has 0 unspecified atom stereocenters. The van der Waals surface area contributed by atoms with Crippen molar-refractivity contribution in [2.45, 2.75) is 42.7 Å². The van der Waals surface area contributed by atoms with Crippen molar-refractivity contribution in [3.05, 3.63) is 93.6 Å². The van der Waals surface area contributed by atoms with Crippen molar-refractivity contribution in [3.63, 3.8) is 0 Å². The van der Waals surface area contributed by atoms with Gasteiger partial charge in [0.2, 0.25) is 6.29 Å². The summed E-state index contributed by atoms with van der Waals surface area (Å²) in [6, 6.07) is 12.8. The second-order valence-corrected chi connectivity index (χ2v) is 12.3. The predicted octanol–water partition coefficient (Wildman–Crippen LogP) is 1.97. The Bertz CT molecular complexity index is 2260. The van der Waals surface area contributed by atoms with Crippen LogP contribution in [0.4, 0.5) is 0 Å². The van der Waals surface area contributed by atoms with Gasteiger partial charge in [-0.05, 0) is 35.9 Å². The summed E-state index contributed by atoms with van der Waals surface area (Å²) in [4.78, 5) is 28.4. The van der Waals surface area contributed by atoms with E-state index in [9.17, 15) is 60.7 Å². The number of aliphatic hydroxyl groups excluding tert-OH is 4. The minimum atomic E-state index is -1.97. The molecule has 0 amide bonds. The number of aliphatic hydroxyl groups is 4. The lowest BCUT2D eigenvalue weighted by Gasteiger charge is -2.40. The summed E-state index contributed by atoms with van der Waals surface area (Å²) in [5.41, 5.74) is -1.75. The molecule has 16 heteroatoms. The zero-order valence-corrected chi connectivity index (χ0v) is 26.5. The van der Waals surface area contributed by atoms with E-state index in [-0.39, 0.29) is 33.9 Å². The lowest BCUT2D eigenvalue weighted by molar-refractivity contribution is -0.277. The highest BCUT2D eigenvalue weighted by atomic mass is 16.7. The number of fused-ring (bicyclic) bond motifs is 2. The Morgan fingerprint density at radius 3 is 2.13 bits per heavy atom. The van der Waals surface area contributed by atoms with E-state index in [1.165, 1.54) is 30.3 Å². The number of ketones is 1. The quantitative estimate of drug-likeness (QED) is 0.112. The summed E-state index contributed by atoms with van der Waals surface area (Å²) in [5, 5.41) is 103. The van der Waals surface area contributed by atoms with E-state index < -0.39 is 112 Å². The van der Waals surface area contributed by atoms with Crippen molar-refractivity contribution < 1.29 is 74.5 Å². The second-order valence-electron chi connectivity index (χ2n) is 12.3. The van der Waals surface area contributed by atoms with Crippen molar-refractivity contribution >= 4 is 16.8 Å². The molecule has 2 aliphatic heterocycles. The molecule has 1 aromatic heterocycles. The van der Waals surface area contributed by atoms with Gasteiger partial charge in [0.25, 0.3) is 0 Å². The molecule has 5 aromatic rings. The van der Waals surface area contributed by atoms with Gasteiger partial charge in [-0.1, -0.05) is 12.1 Å². The molecular formula is C36H30O16. The van der Waals surface area contributed by atoms with Gasteiger partial charge in [0, 0.05) is 29.8 Å². The molecule has 0 radical (unpaired) electrons. The molecule has 4 aromatic carbocycles. The summed E-state index contributed by atoms with van der Waals surface area (Å²) in [6.45, 7) is -0.820. The molecule has 0 bridgehead atoms. The van der Waals surface area contributed by atoms with Gasteiger partial charge in [-0.2, -0.15) is 0 Å². The highest BCUT2D eigenvalue weighted by Gasteiger charge is 2.48. The lowest BCUT2D eigenvalue weighted by atomic mass is 9.79. The van der Waals surface area contributed by atoms with E-state index in [1.54, 1.807) is 0 Å². The molecule has 2 aliphatic rings. The Labute approximate surface area is 291 Å². The summed E-state index contributed by atoms with van der Waals surface area (Å²) in [6.07, 6.45) is -10.4. The van der Waals surface area contributed by atoms with Gasteiger partial charge >= 0.3 is 0 Å². The van der Waals surface area contributed by atoms with Crippen LogP contribution in [0.2, 0.25) is 0 Å². The number of Topliss-reactive ketones (excluding diaryl/α,β-unsaturated/α-hetero) is 1. The number of hydrogen-bond donors (Lipinski definition) is 10. The Hall–Kier alpha value is -6.04. The number of phenolic OH excluding ortho intramolecular Hbond substituents is 6. The maximum Gasteiger partial charge on any atom is 0.229 e. The molecule has 7 rings (SSSR count). The van der Waals surface area contributed by atoms with Crippen LogP contribution in [0.5, 0.6) is 46.0 Å². The van der Waals surface area contributed by atoms with Crippen LogP contribution in [0, 0.1) is 0 Å². The molecule has 0 spiro atoms. The average Bonchev–Trinajstić information content (AvgIpc) is 3.10. The van der Waals surface area contributed by atoms with Gasteiger partial charge < -0.3 is 69.7 Å². The van der Waals surface area contributed by atoms with Crippen LogP contribution in [0.1, 0.15) is 33.5 Å². The first kappa shape index (κ1) is 34.4. The minimum Gasteiger partial charge on any atom is -0.508 e. The zero-order valence-electron chi connectivity index (χ0n) is 26.5. The first-order chi connectivity index (χ1) is 24.8. The molecule has 3 heterocycles. The topological polar surface area (TPSA) is 277 Å². The fourth-order valence-corrected chi connectivity index (χ4v) is 6.44. The van der Waals surface area contributed by atoms with Crippen molar-refractivity contribution in [3.8, 4) is 57.3 Å². The second kappa shape index (κ2) is 12.9. The molecule has 10 N–H and O–H groups in total. The number of hydrogen-bond acceptors (Lipinski definition) is 16. The van der Waals surface area contributed by atoms with Gasteiger partial charge in [-0.25, -0.2) is 0 Å². The van der Waals surface area contributed by atoms with E-state index in [0.717, 1.165) is 36.4 Å². The van der Waals surface area contributed by atoms with Crippen LogP contribution < -0.4 is 14.9 Å². The fraction of sp³-hybridized carbons (Fsp3) is 0.222. The summed E-state index contributed by atoms with van der Waals surface area (Å²) < 4.78 is 24.0. The Kier molecular flexibility index (Phi) is 8.56. The van der Waals surface area contributed by atoms with Crippen molar-refractivity contribution in [2.24, 2.45) is 0 Å². The van der Waals surface area contributed by atoms with E-state index in [2.05, 4.69) is 0 Å². The van der Waals surface area contributed by atoms with Crippen LogP contribution in [0.15, 0.2) is 75.9 Å².